The number of nitrogens with zero attached hydrogens (tertiary/aromatic N) is 2. The molecule has 130 valence electrons. The maximum Gasteiger partial charge on any atom is 0.320 e. The average Bonchev–Trinajstić information content (AvgIpc) is 2.95. The molecule has 8 heteroatoms. The van der Waals surface area contributed by atoms with E-state index in [9.17, 15) is 9.59 Å². The van der Waals surface area contributed by atoms with E-state index in [0.29, 0.717) is 12.8 Å². The highest BCUT2D eigenvalue weighted by Gasteiger charge is 2.12. The Morgan fingerprint density at radius 3 is 2.13 bits per heavy atom. The number of aliphatic carboxylic acids is 2. The third kappa shape index (κ3) is 7.75. The summed E-state index contributed by atoms with van der Waals surface area (Å²) in [4.78, 5) is 21.2. The van der Waals surface area contributed by atoms with E-state index in [1.165, 1.54) is 0 Å². The second-order valence-corrected chi connectivity index (χ2v) is 5.77. The average molecular weight is 327 g/mol. The summed E-state index contributed by atoms with van der Waals surface area (Å²) in [7, 11) is 0. The fraction of sp³-hybridized carbons (Fsp3) is 0.667. The van der Waals surface area contributed by atoms with Gasteiger partial charge >= 0.3 is 11.9 Å². The molecule has 23 heavy (non-hydrogen) atoms. The Morgan fingerprint density at radius 1 is 1.00 bits per heavy atom. The van der Waals surface area contributed by atoms with Crippen LogP contribution in [0.1, 0.15) is 38.5 Å². The first-order chi connectivity index (χ1) is 10.9. The van der Waals surface area contributed by atoms with Crippen LogP contribution in [0.5, 0.6) is 0 Å². The molecular weight excluding hydrogens is 300 g/mol. The quantitative estimate of drug-likeness (QED) is 0.314. The SMILES string of the molecule is NC(CCCCn1cc[n+](CCCCC(N)C(=O)O)c1)C(=O)O. The maximum absolute atomic E-state index is 10.6. The molecule has 2 atom stereocenters. The molecule has 0 aliphatic rings. The predicted octanol–water partition coefficient (Wildman–Crippen LogP) is -0.0600. The van der Waals surface area contributed by atoms with Crippen LogP contribution < -0.4 is 16.0 Å². The molecular formula is C15H27N4O4+. The van der Waals surface area contributed by atoms with Crippen molar-refractivity contribution in [3.05, 3.63) is 18.7 Å². The lowest BCUT2D eigenvalue weighted by molar-refractivity contribution is -0.696. The van der Waals surface area contributed by atoms with Crippen LogP contribution in [0.2, 0.25) is 0 Å². The molecule has 1 aromatic heterocycles. The number of aromatic nitrogens is 2. The van der Waals surface area contributed by atoms with Gasteiger partial charge in [0.05, 0.1) is 13.1 Å². The zero-order valence-corrected chi connectivity index (χ0v) is 13.3. The second-order valence-electron chi connectivity index (χ2n) is 5.77. The first-order valence-corrected chi connectivity index (χ1v) is 7.91. The standard InChI is InChI=1S/C15H26N4O4/c16-12(14(20)21)5-1-3-7-18-9-10-19(11-18)8-4-2-6-13(17)15(22)23/h9-13H,1-8,16-17H2,(H-,20,21,22,23)/p+1. The van der Waals surface area contributed by atoms with Gasteiger partial charge in [0.1, 0.15) is 24.5 Å². The molecule has 1 rings (SSSR count). The smallest absolute Gasteiger partial charge is 0.320 e. The summed E-state index contributed by atoms with van der Waals surface area (Å²) in [5.41, 5.74) is 10.9. The van der Waals surface area contributed by atoms with Crippen molar-refractivity contribution < 1.29 is 24.4 Å². The predicted molar refractivity (Wildman–Crippen MR) is 83.6 cm³/mol. The summed E-state index contributed by atoms with van der Waals surface area (Å²) in [6, 6.07) is -1.55. The summed E-state index contributed by atoms with van der Waals surface area (Å²) >= 11 is 0. The van der Waals surface area contributed by atoms with E-state index in [2.05, 4.69) is 9.13 Å². The Bertz CT molecular complexity index is 461. The van der Waals surface area contributed by atoms with Gasteiger partial charge in [0.25, 0.3) is 0 Å². The molecule has 0 spiro atoms. The Labute approximate surface area is 135 Å². The molecule has 0 aromatic carbocycles. The van der Waals surface area contributed by atoms with E-state index in [-0.39, 0.29) is 0 Å². The van der Waals surface area contributed by atoms with Gasteiger partial charge < -0.3 is 21.7 Å². The van der Waals surface area contributed by atoms with E-state index in [4.69, 9.17) is 21.7 Å². The monoisotopic (exact) mass is 327 g/mol. The van der Waals surface area contributed by atoms with Gasteiger partial charge in [0, 0.05) is 0 Å². The first-order valence-electron chi connectivity index (χ1n) is 7.91. The Kier molecular flexibility index (Phi) is 8.28. The van der Waals surface area contributed by atoms with Gasteiger partial charge in [0.15, 0.2) is 0 Å². The molecule has 2 unspecified atom stereocenters. The highest BCUT2D eigenvalue weighted by molar-refractivity contribution is 5.73. The third-order valence-electron chi connectivity index (χ3n) is 3.74. The van der Waals surface area contributed by atoms with Crippen molar-refractivity contribution in [2.24, 2.45) is 11.5 Å². The molecule has 0 radical (unpaired) electrons. The van der Waals surface area contributed by atoms with Crippen LogP contribution >= 0.6 is 0 Å². The number of hydrogen-bond donors (Lipinski definition) is 4. The van der Waals surface area contributed by atoms with E-state index in [0.717, 1.165) is 38.8 Å². The number of aryl methyl sites for hydroxylation is 2. The van der Waals surface area contributed by atoms with Gasteiger partial charge in [-0.25, -0.2) is 9.13 Å². The van der Waals surface area contributed by atoms with Crippen molar-refractivity contribution in [3.63, 3.8) is 0 Å². The molecule has 6 N–H and O–H groups in total. The second kappa shape index (κ2) is 9.96. The molecule has 1 aromatic rings. The fourth-order valence-electron chi connectivity index (χ4n) is 2.27. The lowest BCUT2D eigenvalue weighted by atomic mass is 10.1. The highest BCUT2D eigenvalue weighted by atomic mass is 16.4. The van der Waals surface area contributed by atoms with Crippen molar-refractivity contribution in [1.29, 1.82) is 0 Å². The minimum Gasteiger partial charge on any atom is -0.480 e. The summed E-state index contributed by atoms with van der Waals surface area (Å²) < 4.78 is 4.10. The molecule has 0 amide bonds. The number of unbranched alkanes of at least 4 members (excludes halogenated alkanes) is 2. The van der Waals surface area contributed by atoms with Crippen LogP contribution in [0.4, 0.5) is 0 Å². The van der Waals surface area contributed by atoms with E-state index >= 15 is 0 Å². The van der Waals surface area contributed by atoms with Crippen LogP contribution in [0.3, 0.4) is 0 Å². The van der Waals surface area contributed by atoms with Crippen LogP contribution in [0, 0.1) is 0 Å². The number of carboxylic acids is 2. The number of nitrogens with two attached hydrogens (primary N) is 2. The van der Waals surface area contributed by atoms with E-state index in [1.807, 2.05) is 18.7 Å². The molecule has 0 aliphatic heterocycles. The van der Waals surface area contributed by atoms with Gasteiger partial charge in [-0.05, 0) is 38.5 Å². The summed E-state index contributed by atoms with van der Waals surface area (Å²) in [5, 5.41) is 17.4. The van der Waals surface area contributed by atoms with Gasteiger partial charge in [-0.1, -0.05) is 0 Å². The number of carboxylic acid groups (broad SMARTS) is 2. The van der Waals surface area contributed by atoms with Gasteiger partial charge in [-0.3, -0.25) is 9.59 Å². The van der Waals surface area contributed by atoms with Crippen LogP contribution in [-0.2, 0) is 22.7 Å². The van der Waals surface area contributed by atoms with Gasteiger partial charge in [-0.15, -0.1) is 0 Å². The largest absolute Gasteiger partial charge is 0.480 e. The minimum atomic E-state index is -0.952. The summed E-state index contributed by atoms with van der Waals surface area (Å²) in [6.07, 6.45) is 10.2. The van der Waals surface area contributed by atoms with Gasteiger partial charge in [0.2, 0.25) is 6.33 Å². The topological polar surface area (TPSA) is 135 Å². The van der Waals surface area contributed by atoms with Crippen molar-refractivity contribution in [1.82, 2.24) is 4.57 Å². The van der Waals surface area contributed by atoms with Gasteiger partial charge in [-0.2, -0.15) is 0 Å². The zero-order chi connectivity index (χ0) is 17.2. The number of hydrogen-bond acceptors (Lipinski definition) is 4. The molecule has 0 saturated carbocycles. The maximum atomic E-state index is 10.6. The minimum absolute atomic E-state index is 0.487. The molecule has 0 aliphatic carbocycles. The third-order valence-corrected chi connectivity index (χ3v) is 3.74. The lowest BCUT2D eigenvalue weighted by Crippen LogP contribution is -2.32. The van der Waals surface area contributed by atoms with Crippen molar-refractivity contribution in [2.75, 3.05) is 0 Å². The Morgan fingerprint density at radius 2 is 1.57 bits per heavy atom. The summed E-state index contributed by atoms with van der Waals surface area (Å²) in [6.45, 7) is 1.65. The molecule has 0 fully saturated rings. The molecule has 0 bridgehead atoms. The van der Waals surface area contributed by atoms with Crippen molar-refractivity contribution in [2.45, 2.75) is 63.7 Å². The first kappa shape index (κ1) is 19.1. The molecule has 8 nitrogen and oxygen atoms in total. The van der Waals surface area contributed by atoms with Crippen molar-refractivity contribution >= 4 is 11.9 Å². The molecule has 1 heterocycles. The van der Waals surface area contributed by atoms with E-state index < -0.39 is 24.0 Å². The lowest BCUT2D eigenvalue weighted by Gasteiger charge is -2.05. The number of rotatable bonds is 12. The van der Waals surface area contributed by atoms with E-state index in [1.54, 1.807) is 0 Å². The van der Waals surface area contributed by atoms with Crippen LogP contribution in [0.15, 0.2) is 18.7 Å². The molecule has 0 saturated heterocycles. The fourth-order valence-corrected chi connectivity index (χ4v) is 2.27. The van der Waals surface area contributed by atoms with Crippen molar-refractivity contribution in [3.8, 4) is 0 Å². The van der Waals surface area contributed by atoms with Crippen LogP contribution in [-0.4, -0.2) is 38.8 Å². The Hall–Kier alpha value is -1.93. The summed E-state index contributed by atoms with van der Waals surface area (Å²) in [5.74, 6) is -1.90. The number of carbonyl (C=O) groups is 2. The normalized spacial score (nSPS) is 13.7. The Balaban J connectivity index is 2.17. The number of imidazole rings is 1. The zero-order valence-electron chi connectivity index (χ0n) is 13.3. The highest BCUT2D eigenvalue weighted by Crippen LogP contribution is 2.02. The van der Waals surface area contributed by atoms with Crippen LogP contribution in [0.25, 0.3) is 0 Å².